The van der Waals surface area contributed by atoms with Gasteiger partial charge < -0.3 is 28.8 Å². The van der Waals surface area contributed by atoms with Crippen molar-refractivity contribution in [1.82, 2.24) is 5.32 Å². The number of unbranched alkanes of at least 4 members (excludes halogenated alkanes) is 43. The molecule has 0 aromatic heterocycles. The largest absolute Gasteiger partial charge is 0.756 e. The number of phosphoric acid groups is 1. The number of amides is 1. The van der Waals surface area contributed by atoms with E-state index in [0.717, 1.165) is 51.4 Å². The molecule has 0 radical (unpaired) electrons. The number of rotatable bonds is 62. The summed E-state index contributed by atoms with van der Waals surface area (Å²) in [6.07, 6.45) is 76.5. The van der Waals surface area contributed by atoms with E-state index in [-0.39, 0.29) is 19.1 Å². The second-order valence-electron chi connectivity index (χ2n) is 24.2. The van der Waals surface area contributed by atoms with Crippen LogP contribution in [0.2, 0.25) is 0 Å². The summed E-state index contributed by atoms with van der Waals surface area (Å²) in [6, 6.07) is -0.798. The summed E-state index contributed by atoms with van der Waals surface area (Å²) in [5, 5.41) is 14.0. The Morgan fingerprint density at radius 3 is 1.11 bits per heavy atom. The van der Waals surface area contributed by atoms with Crippen LogP contribution in [0.25, 0.3) is 0 Å². The summed E-state index contributed by atoms with van der Waals surface area (Å²) >= 11 is 0. The summed E-state index contributed by atoms with van der Waals surface area (Å²) < 4.78 is 23.4. The summed E-state index contributed by atoms with van der Waals surface area (Å²) in [5.41, 5.74) is 0. The van der Waals surface area contributed by atoms with E-state index >= 15 is 0 Å². The molecule has 0 aliphatic rings. The lowest BCUT2D eigenvalue weighted by atomic mass is 10.0. The predicted octanol–water partition coefficient (Wildman–Crippen LogP) is 20.3. The summed E-state index contributed by atoms with van der Waals surface area (Å²) in [6.45, 7) is 4.75. The summed E-state index contributed by atoms with van der Waals surface area (Å²) in [7, 11) is 1.32. The van der Waals surface area contributed by atoms with Crippen LogP contribution in [0.5, 0.6) is 0 Å². The van der Waals surface area contributed by atoms with Crippen molar-refractivity contribution < 1.29 is 32.9 Å². The molecule has 3 atom stereocenters. The fourth-order valence-corrected chi connectivity index (χ4v) is 10.9. The SMILES string of the molecule is CCCCCCC/C=C\C/C=C\C/C=C\CCCCCCCCCCCCCCCCCCCCCCCCCCC(=O)NC(COP(=O)([O-])OCC[N+](C)(C)C)C(O)CCCCCCCCCCCCCCCCC. The number of hydrogen-bond donors (Lipinski definition) is 2. The van der Waals surface area contributed by atoms with E-state index in [9.17, 15) is 19.4 Å². The number of hydrogen-bond acceptors (Lipinski definition) is 6. The zero-order valence-electron chi connectivity index (χ0n) is 51.5. The fraction of sp³-hybridized carbons (Fsp3) is 0.896. The predicted molar refractivity (Wildman–Crippen MR) is 330 cm³/mol. The van der Waals surface area contributed by atoms with Gasteiger partial charge >= 0.3 is 0 Å². The van der Waals surface area contributed by atoms with E-state index in [2.05, 4.69) is 55.6 Å². The second-order valence-corrected chi connectivity index (χ2v) is 25.6. The third-order valence-corrected chi connectivity index (χ3v) is 16.3. The highest BCUT2D eigenvalue weighted by Crippen LogP contribution is 2.38. The molecule has 76 heavy (non-hydrogen) atoms. The number of nitrogens with zero attached hydrogens (tertiary/aromatic N) is 1. The number of quaternary nitrogens is 1. The average Bonchev–Trinajstić information content (AvgIpc) is 3.38. The minimum atomic E-state index is -4.57. The molecule has 9 heteroatoms. The maximum atomic E-state index is 13.0. The van der Waals surface area contributed by atoms with Gasteiger partial charge in [-0.15, -0.1) is 0 Å². The highest BCUT2D eigenvalue weighted by atomic mass is 31.2. The van der Waals surface area contributed by atoms with Gasteiger partial charge in [-0.2, -0.15) is 0 Å². The van der Waals surface area contributed by atoms with E-state index in [0.29, 0.717) is 23.9 Å². The number of nitrogens with one attached hydrogen (secondary N) is 1. The molecule has 1 amide bonds. The van der Waals surface area contributed by atoms with Crippen molar-refractivity contribution >= 4 is 13.7 Å². The number of carbonyl (C=O) groups is 1. The average molecular weight is 1090 g/mol. The number of aliphatic hydroxyl groups is 1. The zero-order chi connectivity index (χ0) is 55.6. The van der Waals surface area contributed by atoms with Gasteiger partial charge in [0.2, 0.25) is 5.91 Å². The summed E-state index contributed by atoms with van der Waals surface area (Å²) in [4.78, 5) is 25.6. The molecule has 3 unspecified atom stereocenters. The molecule has 2 N–H and O–H groups in total. The minimum Gasteiger partial charge on any atom is -0.756 e. The van der Waals surface area contributed by atoms with E-state index in [4.69, 9.17) is 9.05 Å². The first-order chi connectivity index (χ1) is 37.0. The quantitative estimate of drug-likeness (QED) is 0.0272. The molecule has 0 bridgehead atoms. The third kappa shape index (κ3) is 60.4. The maximum Gasteiger partial charge on any atom is 0.268 e. The van der Waals surface area contributed by atoms with Crippen molar-refractivity contribution in [3.05, 3.63) is 36.5 Å². The van der Waals surface area contributed by atoms with Crippen molar-refractivity contribution in [2.45, 2.75) is 347 Å². The molecule has 450 valence electrons. The number of phosphoric ester groups is 1. The van der Waals surface area contributed by atoms with Crippen LogP contribution < -0.4 is 10.2 Å². The minimum absolute atomic E-state index is 0.0146. The van der Waals surface area contributed by atoms with Crippen LogP contribution in [0.15, 0.2) is 36.5 Å². The first-order valence-corrected chi connectivity index (χ1v) is 34.8. The van der Waals surface area contributed by atoms with Crippen molar-refractivity contribution in [1.29, 1.82) is 0 Å². The molecule has 0 rings (SSSR count). The van der Waals surface area contributed by atoms with Crippen LogP contribution in [0.4, 0.5) is 0 Å². The molecule has 0 saturated carbocycles. The Hall–Kier alpha value is -1.28. The Balaban J connectivity index is 3.87. The zero-order valence-corrected chi connectivity index (χ0v) is 52.4. The van der Waals surface area contributed by atoms with Gasteiger partial charge in [-0.1, -0.05) is 314 Å². The van der Waals surface area contributed by atoms with Gasteiger partial charge in [-0.3, -0.25) is 9.36 Å². The van der Waals surface area contributed by atoms with Crippen molar-refractivity contribution in [2.75, 3.05) is 40.9 Å². The van der Waals surface area contributed by atoms with Crippen LogP contribution in [-0.4, -0.2) is 68.5 Å². The highest BCUT2D eigenvalue weighted by molar-refractivity contribution is 7.45. The van der Waals surface area contributed by atoms with Crippen molar-refractivity contribution in [3.8, 4) is 0 Å². The van der Waals surface area contributed by atoms with Crippen LogP contribution in [-0.2, 0) is 18.4 Å². The van der Waals surface area contributed by atoms with Gasteiger partial charge in [-0.25, -0.2) is 0 Å². The Labute approximate surface area is 474 Å². The second kappa shape index (κ2) is 58.4. The van der Waals surface area contributed by atoms with Crippen molar-refractivity contribution in [3.63, 3.8) is 0 Å². The Morgan fingerprint density at radius 1 is 0.461 bits per heavy atom. The third-order valence-electron chi connectivity index (χ3n) is 15.4. The Bertz CT molecular complexity index is 1330. The van der Waals surface area contributed by atoms with E-state index in [1.54, 1.807) is 0 Å². The first-order valence-electron chi connectivity index (χ1n) is 33.3. The number of likely N-dealkylation sites (N-methyl/N-ethyl adjacent to an activating group) is 1. The van der Waals surface area contributed by atoms with E-state index in [1.165, 1.54) is 257 Å². The fourth-order valence-electron chi connectivity index (χ4n) is 10.2. The molecule has 0 fully saturated rings. The highest BCUT2D eigenvalue weighted by Gasteiger charge is 2.24. The van der Waals surface area contributed by atoms with Crippen LogP contribution in [0.3, 0.4) is 0 Å². The van der Waals surface area contributed by atoms with Gasteiger partial charge in [0.25, 0.3) is 7.82 Å². The maximum absolute atomic E-state index is 13.0. The monoisotopic (exact) mass is 1090 g/mol. The number of carbonyl (C=O) groups excluding carboxylic acids is 1. The molecule has 0 aliphatic heterocycles. The molecule has 0 heterocycles. The lowest BCUT2D eigenvalue weighted by Gasteiger charge is -2.30. The molecule has 0 aromatic carbocycles. The smallest absolute Gasteiger partial charge is 0.268 e. The van der Waals surface area contributed by atoms with E-state index in [1.807, 2.05) is 21.1 Å². The molecular weight excluding hydrogens is 960 g/mol. The van der Waals surface area contributed by atoms with Gasteiger partial charge in [0.1, 0.15) is 13.2 Å². The number of aliphatic hydroxyl groups excluding tert-OH is 1. The lowest BCUT2D eigenvalue weighted by molar-refractivity contribution is -0.870. The van der Waals surface area contributed by atoms with Crippen molar-refractivity contribution in [2.24, 2.45) is 0 Å². The Morgan fingerprint density at radius 2 is 0.763 bits per heavy atom. The molecule has 0 spiro atoms. The first kappa shape index (κ1) is 74.7. The number of allylic oxidation sites excluding steroid dienone is 6. The molecular formula is C67H131N2O6P. The van der Waals surface area contributed by atoms with Crippen LogP contribution in [0.1, 0.15) is 335 Å². The molecule has 0 aliphatic carbocycles. The van der Waals surface area contributed by atoms with Gasteiger partial charge in [-0.05, 0) is 51.4 Å². The molecule has 0 aromatic rings. The normalized spacial score (nSPS) is 13.9. The topological polar surface area (TPSA) is 108 Å². The van der Waals surface area contributed by atoms with Crippen LogP contribution >= 0.6 is 7.82 Å². The molecule has 8 nitrogen and oxygen atoms in total. The van der Waals surface area contributed by atoms with Crippen LogP contribution in [0, 0.1) is 0 Å². The van der Waals surface area contributed by atoms with Gasteiger partial charge in [0.15, 0.2) is 0 Å². The summed E-state index contributed by atoms with van der Waals surface area (Å²) in [5.74, 6) is -0.158. The molecule has 0 saturated heterocycles. The lowest BCUT2D eigenvalue weighted by Crippen LogP contribution is -2.46. The van der Waals surface area contributed by atoms with E-state index < -0.39 is 20.0 Å². The van der Waals surface area contributed by atoms with Gasteiger partial charge in [0.05, 0.1) is 39.9 Å². The standard InChI is InChI=1S/C67H131N2O6P/c1-6-8-10-12-14-16-18-20-22-23-24-25-26-27-28-29-30-31-32-33-34-35-36-37-38-39-40-41-42-43-44-45-47-49-51-53-55-57-59-61-67(71)68-65(64-75-76(72,73)74-63-62-69(3,4)5)66(70)60-58-56-54-52-50-48-46-21-19-17-15-13-11-9-7-2/h18,20,23-24,26-27,65-66,70H,6-17,19,21-22,25,28-64H2,1-5H3,(H-,68,71,72,73)/b20-18-,24-23-,27-26-. The Kier molecular flexibility index (Phi) is 57.4. The van der Waals surface area contributed by atoms with Gasteiger partial charge in [0, 0.05) is 6.42 Å².